The number of nitrogens with zero attached hydrogens (tertiary/aromatic N) is 4. The van der Waals surface area contributed by atoms with E-state index in [-0.39, 0.29) is 6.04 Å². The van der Waals surface area contributed by atoms with Gasteiger partial charge in [-0.15, -0.1) is 0 Å². The Labute approximate surface area is 157 Å². The topological polar surface area (TPSA) is 66.9 Å². The van der Waals surface area contributed by atoms with Gasteiger partial charge in [0, 0.05) is 31.1 Å². The molecule has 0 spiro atoms. The maximum absolute atomic E-state index is 6.11. The number of para-hydroxylation sites is 1. The summed E-state index contributed by atoms with van der Waals surface area (Å²) in [5.74, 6) is 1.61. The van der Waals surface area contributed by atoms with Gasteiger partial charge in [0.15, 0.2) is 0 Å². The minimum absolute atomic E-state index is 0.237. The van der Waals surface area contributed by atoms with Crippen molar-refractivity contribution in [3.63, 3.8) is 0 Å². The van der Waals surface area contributed by atoms with Crippen molar-refractivity contribution in [2.24, 2.45) is 0 Å². The monoisotopic (exact) mass is 369 g/mol. The largest absolute Gasteiger partial charge is 0.492 e. The van der Waals surface area contributed by atoms with Crippen LogP contribution in [0.5, 0.6) is 5.75 Å². The average molecular weight is 370 g/mol. The SMILES string of the molecule is Clc1ccccc1OCCc1cc(C2CCCN2c2cnccn2)n[nH]1. The second-order valence-corrected chi connectivity index (χ2v) is 6.67. The Bertz CT molecular complexity index is 854. The van der Waals surface area contributed by atoms with Crippen LogP contribution < -0.4 is 9.64 Å². The first kappa shape index (κ1) is 16.8. The zero-order chi connectivity index (χ0) is 17.8. The highest BCUT2D eigenvalue weighted by atomic mass is 35.5. The van der Waals surface area contributed by atoms with Crippen LogP contribution in [-0.2, 0) is 6.42 Å². The van der Waals surface area contributed by atoms with E-state index in [0.717, 1.165) is 43.0 Å². The first-order valence-corrected chi connectivity index (χ1v) is 9.13. The van der Waals surface area contributed by atoms with Crippen molar-refractivity contribution < 1.29 is 4.74 Å². The molecule has 3 heterocycles. The smallest absolute Gasteiger partial charge is 0.147 e. The van der Waals surface area contributed by atoms with Crippen LogP contribution in [0.25, 0.3) is 0 Å². The van der Waals surface area contributed by atoms with Crippen molar-refractivity contribution in [3.05, 3.63) is 65.3 Å². The van der Waals surface area contributed by atoms with Crippen LogP contribution in [0, 0.1) is 0 Å². The number of anilines is 1. The third kappa shape index (κ3) is 3.65. The van der Waals surface area contributed by atoms with Gasteiger partial charge in [-0.2, -0.15) is 5.10 Å². The second-order valence-electron chi connectivity index (χ2n) is 6.26. The number of nitrogens with one attached hydrogen (secondary N) is 1. The van der Waals surface area contributed by atoms with Gasteiger partial charge in [-0.05, 0) is 31.0 Å². The minimum atomic E-state index is 0.237. The first-order chi connectivity index (χ1) is 12.8. The highest BCUT2D eigenvalue weighted by Crippen LogP contribution is 2.34. The Morgan fingerprint density at radius 3 is 3.04 bits per heavy atom. The number of H-pyrrole nitrogens is 1. The fourth-order valence-corrected chi connectivity index (χ4v) is 3.49. The van der Waals surface area contributed by atoms with E-state index in [4.69, 9.17) is 16.3 Å². The van der Waals surface area contributed by atoms with Crippen molar-refractivity contribution in [1.29, 1.82) is 0 Å². The first-order valence-electron chi connectivity index (χ1n) is 8.75. The van der Waals surface area contributed by atoms with Crippen LogP contribution in [0.4, 0.5) is 5.82 Å². The van der Waals surface area contributed by atoms with E-state index in [1.165, 1.54) is 0 Å². The molecule has 1 aliphatic heterocycles. The van der Waals surface area contributed by atoms with Gasteiger partial charge in [-0.25, -0.2) is 4.98 Å². The Balaban J connectivity index is 1.39. The maximum Gasteiger partial charge on any atom is 0.147 e. The summed E-state index contributed by atoms with van der Waals surface area (Å²) in [5, 5.41) is 8.28. The van der Waals surface area contributed by atoms with E-state index in [0.29, 0.717) is 17.4 Å². The molecular weight excluding hydrogens is 350 g/mol. The molecule has 134 valence electrons. The summed E-state index contributed by atoms with van der Waals surface area (Å²) >= 11 is 6.11. The summed E-state index contributed by atoms with van der Waals surface area (Å²) < 4.78 is 5.76. The summed E-state index contributed by atoms with van der Waals surface area (Å²) in [7, 11) is 0. The predicted molar refractivity (Wildman–Crippen MR) is 101 cm³/mol. The molecule has 0 aliphatic carbocycles. The summed E-state index contributed by atoms with van der Waals surface area (Å²) in [6.45, 7) is 1.52. The van der Waals surface area contributed by atoms with Gasteiger partial charge < -0.3 is 9.64 Å². The lowest BCUT2D eigenvalue weighted by molar-refractivity contribution is 0.320. The molecule has 1 fully saturated rings. The van der Waals surface area contributed by atoms with Crippen LogP contribution >= 0.6 is 11.6 Å². The molecule has 6 nitrogen and oxygen atoms in total. The van der Waals surface area contributed by atoms with Crippen molar-refractivity contribution >= 4 is 17.4 Å². The van der Waals surface area contributed by atoms with Gasteiger partial charge in [0.05, 0.1) is 29.6 Å². The van der Waals surface area contributed by atoms with Gasteiger partial charge in [0.1, 0.15) is 11.6 Å². The van der Waals surface area contributed by atoms with Gasteiger partial charge in [0.25, 0.3) is 0 Å². The maximum atomic E-state index is 6.11. The van der Waals surface area contributed by atoms with Crippen molar-refractivity contribution in [1.82, 2.24) is 20.2 Å². The molecule has 0 amide bonds. The van der Waals surface area contributed by atoms with Crippen LogP contribution in [0.15, 0.2) is 48.9 Å². The highest BCUT2D eigenvalue weighted by molar-refractivity contribution is 6.32. The molecule has 1 atom stereocenters. The summed E-state index contributed by atoms with van der Waals surface area (Å²) in [6, 6.07) is 9.86. The van der Waals surface area contributed by atoms with Crippen LogP contribution in [0.2, 0.25) is 5.02 Å². The molecule has 7 heteroatoms. The number of ether oxygens (including phenoxy) is 1. The van der Waals surface area contributed by atoms with E-state index in [2.05, 4.69) is 31.1 Å². The molecule has 0 radical (unpaired) electrons. The number of hydrogen-bond acceptors (Lipinski definition) is 5. The molecule has 1 aromatic carbocycles. The molecule has 0 saturated carbocycles. The van der Waals surface area contributed by atoms with E-state index in [1.807, 2.05) is 30.5 Å². The standard InChI is InChI=1S/C19H20ClN5O/c20-15-4-1-2-6-18(15)26-11-7-14-12-16(24-23-14)17-5-3-10-25(17)19-13-21-8-9-22-19/h1-2,4,6,8-9,12-13,17H,3,5,7,10-11H2,(H,23,24). The Morgan fingerprint density at radius 1 is 1.27 bits per heavy atom. The van der Waals surface area contributed by atoms with Crippen LogP contribution in [-0.4, -0.2) is 33.3 Å². The number of hydrogen-bond donors (Lipinski definition) is 1. The Hall–Kier alpha value is -2.60. The lowest BCUT2D eigenvalue weighted by Crippen LogP contribution is -2.23. The molecule has 4 rings (SSSR count). The molecule has 1 unspecified atom stereocenters. The molecule has 2 aromatic heterocycles. The quantitative estimate of drug-likeness (QED) is 0.715. The number of aromatic amines is 1. The zero-order valence-corrected chi connectivity index (χ0v) is 15.1. The Morgan fingerprint density at radius 2 is 2.19 bits per heavy atom. The fraction of sp³-hybridized carbons (Fsp3) is 0.316. The van der Waals surface area contributed by atoms with E-state index < -0.39 is 0 Å². The van der Waals surface area contributed by atoms with Crippen LogP contribution in [0.3, 0.4) is 0 Å². The molecule has 1 aliphatic rings. The molecule has 1 N–H and O–H groups in total. The van der Waals surface area contributed by atoms with Gasteiger partial charge in [-0.1, -0.05) is 23.7 Å². The minimum Gasteiger partial charge on any atom is -0.492 e. The summed E-state index contributed by atoms with van der Waals surface area (Å²) in [4.78, 5) is 10.9. The van der Waals surface area contributed by atoms with E-state index >= 15 is 0 Å². The summed E-state index contributed by atoms with van der Waals surface area (Å²) in [6.07, 6.45) is 8.17. The normalized spacial score (nSPS) is 16.8. The molecule has 26 heavy (non-hydrogen) atoms. The van der Waals surface area contributed by atoms with Crippen LogP contribution in [0.1, 0.15) is 30.3 Å². The van der Waals surface area contributed by atoms with Gasteiger partial charge in [0.2, 0.25) is 0 Å². The average Bonchev–Trinajstić information content (AvgIpc) is 3.33. The highest BCUT2D eigenvalue weighted by Gasteiger charge is 2.29. The van der Waals surface area contributed by atoms with Crippen molar-refractivity contribution in [2.45, 2.75) is 25.3 Å². The summed E-state index contributed by atoms with van der Waals surface area (Å²) in [5.41, 5.74) is 2.10. The number of benzene rings is 1. The third-order valence-corrected chi connectivity index (χ3v) is 4.87. The lowest BCUT2D eigenvalue weighted by atomic mass is 10.1. The lowest BCUT2D eigenvalue weighted by Gasteiger charge is -2.23. The Kier molecular flexibility index (Phi) is 5.02. The fourth-order valence-electron chi connectivity index (χ4n) is 3.30. The second kappa shape index (κ2) is 7.74. The van der Waals surface area contributed by atoms with Crippen molar-refractivity contribution in [3.8, 4) is 5.75 Å². The molecule has 1 saturated heterocycles. The van der Waals surface area contributed by atoms with Gasteiger partial charge >= 0.3 is 0 Å². The molecular formula is C19H20ClN5O. The van der Waals surface area contributed by atoms with Crippen molar-refractivity contribution in [2.75, 3.05) is 18.1 Å². The van der Waals surface area contributed by atoms with Gasteiger partial charge in [-0.3, -0.25) is 10.1 Å². The number of rotatable bonds is 6. The number of aromatic nitrogens is 4. The zero-order valence-electron chi connectivity index (χ0n) is 14.3. The third-order valence-electron chi connectivity index (χ3n) is 4.55. The molecule has 0 bridgehead atoms. The number of halogens is 1. The van der Waals surface area contributed by atoms with E-state index in [1.54, 1.807) is 12.4 Å². The molecule has 3 aromatic rings. The predicted octanol–water partition coefficient (Wildman–Crippen LogP) is 3.82. The van der Waals surface area contributed by atoms with E-state index in [9.17, 15) is 0 Å².